The molecule has 1 N–H and O–H groups in total. The van der Waals surface area contributed by atoms with Crippen LogP contribution in [-0.2, 0) is 19.6 Å². The van der Waals surface area contributed by atoms with Crippen LogP contribution in [0.15, 0.2) is 48.8 Å². The minimum Gasteiger partial charge on any atom is -0.322 e. The fourth-order valence-electron chi connectivity index (χ4n) is 3.91. The van der Waals surface area contributed by atoms with Crippen molar-refractivity contribution < 1.29 is 18.0 Å². The van der Waals surface area contributed by atoms with Crippen LogP contribution >= 0.6 is 0 Å². The Morgan fingerprint density at radius 1 is 1.11 bits per heavy atom. The van der Waals surface area contributed by atoms with Gasteiger partial charge in [0.25, 0.3) is 5.91 Å². The molecular formula is C26H27F3N6O. The quantitative estimate of drug-likeness (QED) is 0.346. The standard InChI is InChI=1S/C26H27F3N6O/c1-5-6-7-18-10-20(26(27,28)29)13-21(11-18)31-25(36)19-9-8-16(2)24(12-19)35-15-23(32-33-35)22-14-30-34(4)17(22)3/h8-15H,5-7H2,1-4H3,(H,31,36). The summed E-state index contributed by atoms with van der Waals surface area (Å²) in [6.45, 7) is 5.78. The second-order valence-electron chi connectivity index (χ2n) is 8.79. The van der Waals surface area contributed by atoms with Crippen molar-refractivity contribution in [1.82, 2.24) is 24.8 Å². The molecule has 0 saturated heterocycles. The minimum absolute atomic E-state index is 0.109. The van der Waals surface area contributed by atoms with Crippen molar-refractivity contribution in [3.63, 3.8) is 0 Å². The molecule has 1 amide bonds. The number of anilines is 1. The highest BCUT2D eigenvalue weighted by molar-refractivity contribution is 6.04. The van der Waals surface area contributed by atoms with Crippen LogP contribution in [0.5, 0.6) is 0 Å². The van der Waals surface area contributed by atoms with Crippen molar-refractivity contribution in [3.05, 3.63) is 76.7 Å². The number of rotatable bonds is 7. The summed E-state index contributed by atoms with van der Waals surface area (Å²) in [5.74, 6) is -0.513. The van der Waals surface area contributed by atoms with Gasteiger partial charge in [-0.3, -0.25) is 9.48 Å². The molecule has 2 aromatic carbocycles. The number of hydrogen-bond acceptors (Lipinski definition) is 4. The van der Waals surface area contributed by atoms with Crippen LogP contribution in [0.3, 0.4) is 0 Å². The van der Waals surface area contributed by atoms with E-state index in [0.717, 1.165) is 41.8 Å². The number of nitrogens with zero attached hydrogens (tertiary/aromatic N) is 5. The number of alkyl halides is 3. The van der Waals surface area contributed by atoms with Gasteiger partial charge in [0, 0.05) is 29.6 Å². The molecular weight excluding hydrogens is 469 g/mol. The van der Waals surface area contributed by atoms with Gasteiger partial charge in [0.05, 0.1) is 23.6 Å². The number of amides is 1. The van der Waals surface area contributed by atoms with E-state index in [1.807, 2.05) is 27.8 Å². The number of unbranched alkanes of at least 4 members (excludes halogenated alkanes) is 1. The van der Waals surface area contributed by atoms with Crippen LogP contribution in [0.1, 0.15) is 52.5 Å². The fraction of sp³-hybridized carbons (Fsp3) is 0.308. The molecule has 0 aliphatic carbocycles. The maximum atomic E-state index is 13.4. The Morgan fingerprint density at radius 3 is 2.56 bits per heavy atom. The van der Waals surface area contributed by atoms with Crippen molar-refractivity contribution in [3.8, 4) is 16.9 Å². The molecule has 0 bridgehead atoms. The monoisotopic (exact) mass is 496 g/mol. The van der Waals surface area contributed by atoms with Gasteiger partial charge in [0.1, 0.15) is 5.69 Å². The van der Waals surface area contributed by atoms with E-state index >= 15 is 0 Å². The maximum absolute atomic E-state index is 13.4. The van der Waals surface area contributed by atoms with E-state index in [9.17, 15) is 18.0 Å². The van der Waals surface area contributed by atoms with E-state index in [2.05, 4.69) is 20.7 Å². The van der Waals surface area contributed by atoms with E-state index < -0.39 is 17.6 Å². The highest BCUT2D eigenvalue weighted by Crippen LogP contribution is 2.32. The third kappa shape index (κ3) is 5.32. The SMILES string of the molecule is CCCCc1cc(NC(=O)c2ccc(C)c(-n3cc(-c4cnn(C)c4C)nn3)c2)cc(C(F)(F)F)c1. The minimum atomic E-state index is -4.50. The lowest BCUT2D eigenvalue weighted by Crippen LogP contribution is -2.14. The second kappa shape index (κ2) is 9.96. The molecule has 0 spiro atoms. The van der Waals surface area contributed by atoms with Crippen molar-refractivity contribution in [2.45, 2.75) is 46.2 Å². The number of hydrogen-bond donors (Lipinski definition) is 1. The number of benzene rings is 2. The number of halogens is 3. The number of carbonyl (C=O) groups is 1. The largest absolute Gasteiger partial charge is 0.416 e. The first kappa shape index (κ1) is 25.2. The van der Waals surface area contributed by atoms with Crippen LogP contribution in [0.2, 0.25) is 0 Å². The van der Waals surface area contributed by atoms with Gasteiger partial charge in [-0.1, -0.05) is 24.6 Å². The number of nitrogens with one attached hydrogen (secondary N) is 1. The smallest absolute Gasteiger partial charge is 0.322 e. The van der Waals surface area contributed by atoms with Gasteiger partial charge >= 0.3 is 6.18 Å². The third-order valence-electron chi connectivity index (χ3n) is 6.12. The topological polar surface area (TPSA) is 77.6 Å². The van der Waals surface area contributed by atoms with Crippen molar-refractivity contribution in [2.75, 3.05) is 5.32 Å². The summed E-state index contributed by atoms with van der Waals surface area (Å²) in [7, 11) is 1.84. The summed E-state index contributed by atoms with van der Waals surface area (Å²) in [5, 5.41) is 15.3. The molecule has 0 unspecified atom stereocenters. The summed E-state index contributed by atoms with van der Waals surface area (Å²) in [6.07, 6.45) is 1.08. The van der Waals surface area contributed by atoms with Crippen LogP contribution in [-0.4, -0.2) is 30.7 Å². The van der Waals surface area contributed by atoms with Crippen molar-refractivity contribution in [1.29, 1.82) is 0 Å². The number of aromatic nitrogens is 5. The maximum Gasteiger partial charge on any atom is 0.416 e. The Hall–Kier alpha value is -3.95. The highest BCUT2D eigenvalue weighted by atomic mass is 19.4. The molecule has 2 aromatic heterocycles. The molecule has 0 saturated carbocycles. The summed E-state index contributed by atoms with van der Waals surface area (Å²) >= 11 is 0. The predicted molar refractivity (Wildman–Crippen MR) is 131 cm³/mol. The highest BCUT2D eigenvalue weighted by Gasteiger charge is 2.31. The molecule has 0 radical (unpaired) electrons. The van der Waals surface area contributed by atoms with E-state index in [-0.39, 0.29) is 11.3 Å². The average Bonchev–Trinajstić information content (AvgIpc) is 3.44. The molecule has 4 aromatic rings. The van der Waals surface area contributed by atoms with Crippen LogP contribution in [0.25, 0.3) is 16.9 Å². The zero-order chi connectivity index (χ0) is 26.0. The van der Waals surface area contributed by atoms with E-state index in [0.29, 0.717) is 23.4 Å². The van der Waals surface area contributed by atoms with Crippen molar-refractivity contribution in [2.24, 2.45) is 7.05 Å². The summed E-state index contributed by atoms with van der Waals surface area (Å²) < 4.78 is 43.6. The van der Waals surface area contributed by atoms with Gasteiger partial charge < -0.3 is 5.32 Å². The molecule has 188 valence electrons. The molecule has 10 heteroatoms. The lowest BCUT2D eigenvalue weighted by atomic mass is 10.0. The summed E-state index contributed by atoms with van der Waals surface area (Å²) in [6, 6.07) is 8.73. The predicted octanol–water partition coefficient (Wildman–Crippen LogP) is 5.90. The zero-order valence-electron chi connectivity index (χ0n) is 20.5. The Bertz CT molecular complexity index is 1400. The Labute approximate surface area is 206 Å². The Balaban J connectivity index is 1.62. The van der Waals surface area contributed by atoms with Gasteiger partial charge in [-0.15, -0.1) is 5.10 Å². The molecule has 0 aliphatic rings. The number of aryl methyl sites for hydroxylation is 3. The Kier molecular flexibility index (Phi) is 6.96. The lowest BCUT2D eigenvalue weighted by molar-refractivity contribution is -0.137. The summed E-state index contributed by atoms with van der Waals surface area (Å²) in [5.41, 5.74) is 4.06. The molecule has 2 heterocycles. The average molecular weight is 497 g/mol. The van der Waals surface area contributed by atoms with Gasteiger partial charge in [-0.25, -0.2) is 4.68 Å². The zero-order valence-corrected chi connectivity index (χ0v) is 20.5. The fourth-order valence-corrected chi connectivity index (χ4v) is 3.91. The third-order valence-corrected chi connectivity index (χ3v) is 6.12. The second-order valence-corrected chi connectivity index (χ2v) is 8.79. The van der Waals surface area contributed by atoms with Gasteiger partial charge in [-0.2, -0.15) is 18.3 Å². The number of carbonyl (C=O) groups excluding carboxylic acids is 1. The molecule has 0 atom stereocenters. The Morgan fingerprint density at radius 2 is 1.89 bits per heavy atom. The van der Waals surface area contributed by atoms with Crippen LogP contribution in [0, 0.1) is 13.8 Å². The molecule has 36 heavy (non-hydrogen) atoms. The van der Waals surface area contributed by atoms with E-state index in [4.69, 9.17) is 0 Å². The normalized spacial score (nSPS) is 11.6. The first-order valence-electron chi connectivity index (χ1n) is 11.6. The summed E-state index contributed by atoms with van der Waals surface area (Å²) in [4.78, 5) is 13.0. The van der Waals surface area contributed by atoms with E-state index in [1.54, 1.807) is 46.0 Å². The lowest BCUT2D eigenvalue weighted by Gasteiger charge is -2.14. The van der Waals surface area contributed by atoms with Gasteiger partial charge in [0.2, 0.25) is 0 Å². The first-order valence-corrected chi connectivity index (χ1v) is 11.6. The van der Waals surface area contributed by atoms with E-state index in [1.165, 1.54) is 0 Å². The van der Waals surface area contributed by atoms with Gasteiger partial charge in [-0.05, 0) is 68.1 Å². The first-order chi connectivity index (χ1) is 17.1. The van der Waals surface area contributed by atoms with Crippen LogP contribution < -0.4 is 5.32 Å². The van der Waals surface area contributed by atoms with Crippen LogP contribution in [0.4, 0.5) is 18.9 Å². The molecule has 0 fully saturated rings. The van der Waals surface area contributed by atoms with Gasteiger partial charge in [0.15, 0.2) is 0 Å². The molecule has 7 nitrogen and oxygen atoms in total. The molecule has 0 aliphatic heterocycles. The molecule has 4 rings (SSSR count). The van der Waals surface area contributed by atoms with Crippen molar-refractivity contribution >= 4 is 11.6 Å².